The maximum atomic E-state index is 6.20. The van der Waals surface area contributed by atoms with Gasteiger partial charge in [0.1, 0.15) is 0 Å². The number of nitrogens with zero attached hydrogens (tertiary/aromatic N) is 2. The lowest BCUT2D eigenvalue weighted by atomic mass is 9.96. The molecule has 0 N–H and O–H groups in total. The average molecular weight is 483 g/mol. The standard InChI is InChI=1S/C29H58N2O3/c1-22(2)31-20-29(21-31)33-16-9-10-24(5)19-27(8)32-17-13-25(6)18-26(7)30-14-11-28(12-15-30)34-23(3)4/h22-29H,9-21H2,1-8H3. The molecule has 4 unspecified atom stereocenters. The van der Waals surface area contributed by atoms with E-state index in [1.54, 1.807) is 0 Å². The highest BCUT2D eigenvalue weighted by Crippen LogP contribution is 2.22. The van der Waals surface area contributed by atoms with Crippen molar-refractivity contribution >= 4 is 0 Å². The number of hydrogen-bond donors (Lipinski definition) is 0. The summed E-state index contributed by atoms with van der Waals surface area (Å²) in [5.74, 6) is 1.41. The second-order valence-electron chi connectivity index (χ2n) is 12.1. The summed E-state index contributed by atoms with van der Waals surface area (Å²) in [5, 5.41) is 0. The third-order valence-corrected chi connectivity index (χ3v) is 7.86. The van der Waals surface area contributed by atoms with Crippen molar-refractivity contribution in [3.63, 3.8) is 0 Å². The Balaban J connectivity index is 1.46. The predicted octanol–water partition coefficient (Wildman–Crippen LogP) is 6.00. The summed E-state index contributed by atoms with van der Waals surface area (Å²) in [7, 11) is 0. The first-order chi connectivity index (χ1) is 16.1. The zero-order chi connectivity index (χ0) is 25.1. The van der Waals surface area contributed by atoms with Gasteiger partial charge in [-0.1, -0.05) is 13.8 Å². The molecule has 0 bridgehead atoms. The fourth-order valence-corrected chi connectivity index (χ4v) is 5.59. The van der Waals surface area contributed by atoms with Gasteiger partial charge in [-0.15, -0.1) is 0 Å². The van der Waals surface area contributed by atoms with Gasteiger partial charge in [0, 0.05) is 51.5 Å². The van der Waals surface area contributed by atoms with E-state index in [9.17, 15) is 0 Å². The molecule has 0 saturated carbocycles. The topological polar surface area (TPSA) is 34.2 Å². The van der Waals surface area contributed by atoms with E-state index in [1.165, 1.54) is 51.6 Å². The molecule has 4 atom stereocenters. The maximum absolute atomic E-state index is 6.20. The molecule has 5 nitrogen and oxygen atoms in total. The van der Waals surface area contributed by atoms with Gasteiger partial charge in [-0.2, -0.15) is 0 Å². The summed E-state index contributed by atoms with van der Waals surface area (Å²) < 4.78 is 18.2. The van der Waals surface area contributed by atoms with Gasteiger partial charge in [0.25, 0.3) is 0 Å². The highest BCUT2D eigenvalue weighted by Gasteiger charge is 2.29. The van der Waals surface area contributed by atoms with Crippen LogP contribution in [-0.2, 0) is 14.2 Å². The number of ether oxygens (including phenoxy) is 3. The zero-order valence-corrected chi connectivity index (χ0v) is 23.9. The molecule has 5 heteroatoms. The summed E-state index contributed by atoms with van der Waals surface area (Å²) >= 11 is 0. The van der Waals surface area contributed by atoms with Crippen LogP contribution in [0.4, 0.5) is 0 Å². The summed E-state index contributed by atoms with van der Waals surface area (Å²) in [6, 6.07) is 1.31. The highest BCUT2D eigenvalue weighted by molar-refractivity contribution is 4.83. The van der Waals surface area contributed by atoms with Crippen molar-refractivity contribution in [2.75, 3.05) is 39.4 Å². The quantitative estimate of drug-likeness (QED) is 0.237. The lowest BCUT2D eigenvalue weighted by Crippen LogP contribution is -2.54. The third kappa shape index (κ3) is 11.7. The molecule has 2 aliphatic heterocycles. The van der Waals surface area contributed by atoms with Crippen molar-refractivity contribution in [1.29, 1.82) is 0 Å². The molecule has 0 amide bonds. The van der Waals surface area contributed by atoms with Gasteiger partial charge in [-0.25, -0.2) is 0 Å². The van der Waals surface area contributed by atoms with Crippen molar-refractivity contribution in [1.82, 2.24) is 9.80 Å². The molecule has 0 aromatic rings. The van der Waals surface area contributed by atoms with Crippen molar-refractivity contribution in [3.05, 3.63) is 0 Å². The Bertz CT molecular complexity index is 516. The second-order valence-corrected chi connectivity index (χ2v) is 12.1. The van der Waals surface area contributed by atoms with Crippen LogP contribution in [0.1, 0.15) is 100 Å². The molecule has 0 spiro atoms. The van der Waals surface area contributed by atoms with Gasteiger partial charge in [0.15, 0.2) is 0 Å². The number of hydrogen-bond acceptors (Lipinski definition) is 5. The van der Waals surface area contributed by atoms with Crippen LogP contribution in [0, 0.1) is 11.8 Å². The van der Waals surface area contributed by atoms with Crippen molar-refractivity contribution < 1.29 is 14.2 Å². The Morgan fingerprint density at radius 2 is 1.38 bits per heavy atom. The van der Waals surface area contributed by atoms with Gasteiger partial charge in [0.2, 0.25) is 0 Å². The van der Waals surface area contributed by atoms with Gasteiger partial charge >= 0.3 is 0 Å². The number of likely N-dealkylation sites (tertiary alicyclic amines) is 2. The van der Waals surface area contributed by atoms with Crippen LogP contribution in [0.25, 0.3) is 0 Å². The smallest absolute Gasteiger partial charge is 0.0828 e. The Labute approximate surface area is 212 Å². The minimum Gasteiger partial charge on any atom is -0.378 e. The lowest BCUT2D eigenvalue weighted by molar-refractivity contribution is -0.0679. The van der Waals surface area contributed by atoms with Gasteiger partial charge < -0.3 is 19.1 Å². The maximum Gasteiger partial charge on any atom is 0.0828 e. The molecular weight excluding hydrogens is 424 g/mol. The van der Waals surface area contributed by atoms with Gasteiger partial charge in [-0.3, -0.25) is 4.90 Å². The first kappa shape index (κ1) is 30.0. The van der Waals surface area contributed by atoms with Crippen LogP contribution in [0.5, 0.6) is 0 Å². The van der Waals surface area contributed by atoms with E-state index in [2.05, 4.69) is 65.2 Å². The highest BCUT2D eigenvalue weighted by atomic mass is 16.5. The molecule has 2 heterocycles. The molecule has 34 heavy (non-hydrogen) atoms. The van der Waals surface area contributed by atoms with Gasteiger partial charge in [0.05, 0.1) is 24.4 Å². The molecule has 2 aliphatic rings. The van der Waals surface area contributed by atoms with Crippen LogP contribution in [0.3, 0.4) is 0 Å². The molecule has 0 radical (unpaired) electrons. The minimum atomic E-state index is 0.349. The summed E-state index contributed by atoms with van der Waals surface area (Å²) in [6.45, 7) is 24.6. The Morgan fingerprint density at radius 1 is 0.735 bits per heavy atom. The first-order valence-corrected chi connectivity index (χ1v) is 14.5. The SMILES string of the molecule is CC(CCCOC1CN(C(C)C)C1)CC(C)OCCC(C)CC(C)N1CCC(OC(C)C)CC1. The van der Waals surface area contributed by atoms with E-state index in [1.807, 2.05) is 0 Å². The Hall–Kier alpha value is -0.200. The van der Waals surface area contributed by atoms with E-state index in [0.717, 1.165) is 32.7 Å². The molecule has 2 rings (SSSR count). The summed E-state index contributed by atoms with van der Waals surface area (Å²) in [5.41, 5.74) is 0. The molecule has 202 valence electrons. The zero-order valence-electron chi connectivity index (χ0n) is 23.9. The average Bonchev–Trinajstić information content (AvgIpc) is 2.71. The van der Waals surface area contributed by atoms with Crippen LogP contribution in [0.15, 0.2) is 0 Å². The monoisotopic (exact) mass is 482 g/mol. The molecule has 0 aliphatic carbocycles. The van der Waals surface area contributed by atoms with E-state index in [4.69, 9.17) is 14.2 Å². The lowest BCUT2D eigenvalue weighted by Gasteiger charge is -2.41. The first-order valence-electron chi connectivity index (χ1n) is 14.5. The Kier molecular flexibility index (Phi) is 14.0. The molecule has 0 aromatic heterocycles. The largest absolute Gasteiger partial charge is 0.378 e. The van der Waals surface area contributed by atoms with Gasteiger partial charge in [-0.05, 0) is 98.3 Å². The third-order valence-electron chi connectivity index (χ3n) is 7.86. The normalized spacial score (nSPS) is 22.8. The molecular formula is C29H58N2O3. The second kappa shape index (κ2) is 15.8. The van der Waals surface area contributed by atoms with Crippen LogP contribution >= 0.6 is 0 Å². The van der Waals surface area contributed by atoms with E-state index < -0.39 is 0 Å². The van der Waals surface area contributed by atoms with Crippen molar-refractivity contribution in [2.24, 2.45) is 11.8 Å². The van der Waals surface area contributed by atoms with Crippen molar-refractivity contribution in [2.45, 2.75) is 137 Å². The molecule has 2 saturated heterocycles. The van der Waals surface area contributed by atoms with Crippen LogP contribution in [-0.4, -0.2) is 85.7 Å². The predicted molar refractivity (Wildman–Crippen MR) is 144 cm³/mol. The van der Waals surface area contributed by atoms with Crippen LogP contribution < -0.4 is 0 Å². The minimum absolute atomic E-state index is 0.349. The van der Waals surface area contributed by atoms with E-state index >= 15 is 0 Å². The summed E-state index contributed by atoms with van der Waals surface area (Å²) in [6.07, 6.45) is 9.98. The molecule has 2 fully saturated rings. The van der Waals surface area contributed by atoms with E-state index in [-0.39, 0.29) is 0 Å². The molecule has 0 aromatic carbocycles. The summed E-state index contributed by atoms with van der Waals surface area (Å²) in [4.78, 5) is 5.14. The van der Waals surface area contributed by atoms with Crippen LogP contribution in [0.2, 0.25) is 0 Å². The van der Waals surface area contributed by atoms with E-state index in [0.29, 0.717) is 48.3 Å². The fourth-order valence-electron chi connectivity index (χ4n) is 5.59. The number of piperidine rings is 1. The van der Waals surface area contributed by atoms with Crippen molar-refractivity contribution in [3.8, 4) is 0 Å². The fraction of sp³-hybridized carbons (Fsp3) is 1.00. The number of rotatable bonds is 17. The Morgan fingerprint density at radius 3 is 2.00 bits per heavy atom.